The summed E-state index contributed by atoms with van der Waals surface area (Å²) in [6, 6.07) is 9.15. The fraction of sp³-hybridized carbons (Fsp3) is 0.421. The molecule has 3 rings (SSSR count). The number of benzene rings is 1. The third-order valence-corrected chi connectivity index (χ3v) is 4.90. The lowest BCUT2D eigenvalue weighted by Crippen LogP contribution is -2.41. The van der Waals surface area contributed by atoms with Gasteiger partial charge in [-0.3, -0.25) is 4.98 Å². The molecule has 0 aliphatic heterocycles. The van der Waals surface area contributed by atoms with Crippen LogP contribution in [0.25, 0.3) is 0 Å². The van der Waals surface area contributed by atoms with E-state index in [1.54, 1.807) is 7.11 Å². The van der Waals surface area contributed by atoms with Gasteiger partial charge in [0.05, 0.1) is 19.3 Å². The molecule has 1 aromatic carbocycles. The van der Waals surface area contributed by atoms with Gasteiger partial charge in [0.2, 0.25) is 0 Å². The van der Waals surface area contributed by atoms with Gasteiger partial charge in [0.1, 0.15) is 11.4 Å². The number of methoxy groups -OCH3 is 1. The smallest absolute Gasteiger partial charge is 0.433 e. The van der Waals surface area contributed by atoms with Crippen molar-refractivity contribution in [3.05, 3.63) is 59.4 Å². The minimum absolute atomic E-state index is 0.245. The molecule has 0 spiro atoms. The highest BCUT2D eigenvalue weighted by Gasteiger charge is 2.42. The molecule has 0 bridgehead atoms. The number of aromatic nitrogens is 1. The largest absolute Gasteiger partial charge is 0.497 e. The van der Waals surface area contributed by atoms with Gasteiger partial charge in [-0.25, -0.2) is 0 Å². The van der Waals surface area contributed by atoms with E-state index < -0.39 is 30.1 Å². The summed E-state index contributed by atoms with van der Waals surface area (Å²) in [5, 5.41) is 23.6. The molecule has 27 heavy (non-hydrogen) atoms. The quantitative estimate of drug-likeness (QED) is 0.741. The van der Waals surface area contributed by atoms with Crippen molar-refractivity contribution in [1.82, 2.24) is 10.3 Å². The first kappa shape index (κ1) is 19.6. The molecule has 0 unspecified atom stereocenters. The van der Waals surface area contributed by atoms with Crippen LogP contribution in [-0.4, -0.2) is 40.6 Å². The summed E-state index contributed by atoms with van der Waals surface area (Å²) >= 11 is 0. The van der Waals surface area contributed by atoms with Gasteiger partial charge in [-0.2, -0.15) is 13.2 Å². The Bertz CT molecular complexity index is 750. The third-order valence-electron chi connectivity index (χ3n) is 4.90. The van der Waals surface area contributed by atoms with Crippen molar-refractivity contribution in [3.8, 4) is 5.75 Å². The monoisotopic (exact) mass is 382 g/mol. The molecule has 1 saturated carbocycles. The van der Waals surface area contributed by atoms with Gasteiger partial charge in [-0.15, -0.1) is 0 Å². The number of nitrogens with zero attached hydrogens (tertiary/aromatic N) is 1. The average Bonchev–Trinajstić information content (AvgIpc) is 2.94. The maximum atomic E-state index is 12.7. The number of hydrogen-bond acceptors (Lipinski definition) is 5. The molecule has 1 aromatic heterocycles. The molecule has 5 nitrogen and oxygen atoms in total. The van der Waals surface area contributed by atoms with Gasteiger partial charge in [0.15, 0.2) is 0 Å². The van der Waals surface area contributed by atoms with Gasteiger partial charge in [0, 0.05) is 24.7 Å². The number of halogens is 3. The van der Waals surface area contributed by atoms with Crippen LogP contribution in [0.2, 0.25) is 0 Å². The Balaban J connectivity index is 1.73. The highest BCUT2D eigenvalue weighted by molar-refractivity contribution is 5.28. The molecular weight excluding hydrogens is 361 g/mol. The highest BCUT2D eigenvalue weighted by Crippen LogP contribution is 2.36. The minimum atomic E-state index is -4.50. The van der Waals surface area contributed by atoms with Crippen LogP contribution in [0.5, 0.6) is 5.75 Å². The normalized spacial score (nSPS) is 25.6. The molecule has 1 fully saturated rings. The summed E-state index contributed by atoms with van der Waals surface area (Å²) < 4.78 is 43.2. The summed E-state index contributed by atoms with van der Waals surface area (Å²) in [4.78, 5) is 3.49. The highest BCUT2D eigenvalue weighted by atomic mass is 19.4. The lowest BCUT2D eigenvalue weighted by atomic mass is 9.94. The van der Waals surface area contributed by atoms with E-state index >= 15 is 0 Å². The van der Waals surface area contributed by atoms with Crippen molar-refractivity contribution in [2.24, 2.45) is 0 Å². The third kappa shape index (κ3) is 4.40. The zero-order chi connectivity index (χ0) is 19.6. The molecule has 8 heteroatoms. The van der Waals surface area contributed by atoms with Crippen molar-refractivity contribution >= 4 is 0 Å². The lowest BCUT2D eigenvalue weighted by Gasteiger charge is -2.24. The van der Waals surface area contributed by atoms with E-state index in [4.69, 9.17) is 4.74 Å². The van der Waals surface area contributed by atoms with Crippen LogP contribution in [0.15, 0.2) is 42.6 Å². The average molecular weight is 382 g/mol. The molecule has 1 heterocycles. The van der Waals surface area contributed by atoms with E-state index in [9.17, 15) is 23.4 Å². The first-order valence-electron chi connectivity index (χ1n) is 8.55. The maximum absolute atomic E-state index is 12.7. The van der Waals surface area contributed by atoms with Gasteiger partial charge in [-0.1, -0.05) is 18.2 Å². The van der Waals surface area contributed by atoms with Gasteiger partial charge >= 0.3 is 6.18 Å². The molecule has 0 amide bonds. The summed E-state index contributed by atoms with van der Waals surface area (Å²) in [5.74, 6) is 0.381. The van der Waals surface area contributed by atoms with E-state index in [1.165, 1.54) is 12.3 Å². The maximum Gasteiger partial charge on any atom is 0.433 e. The molecule has 1 aliphatic rings. The topological polar surface area (TPSA) is 74.6 Å². The summed E-state index contributed by atoms with van der Waals surface area (Å²) in [6.07, 6.45) is -5.06. The molecule has 4 atom stereocenters. The van der Waals surface area contributed by atoms with Crippen LogP contribution in [-0.2, 0) is 12.7 Å². The van der Waals surface area contributed by atoms with Crippen molar-refractivity contribution in [2.45, 2.75) is 43.3 Å². The Morgan fingerprint density at radius 3 is 2.41 bits per heavy atom. The van der Waals surface area contributed by atoms with Crippen molar-refractivity contribution < 1.29 is 28.1 Å². The predicted octanol–water partition coefficient (Wildman–Crippen LogP) is 2.48. The summed E-state index contributed by atoms with van der Waals surface area (Å²) in [7, 11) is 1.58. The molecule has 0 radical (unpaired) electrons. The molecule has 0 saturated heterocycles. The number of rotatable bonds is 5. The van der Waals surface area contributed by atoms with E-state index in [2.05, 4.69) is 10.3 Å². The van der Waals surface area contributed by atoms with Crippen LogP contribution in [0.1, 0.15) is 29.2 Å². The Kier molecular flexibility index (Phi) is 5.69. The fourth-order valence-electron chi connectivity index (χ4n) is 3.40. The molecule has 3 N–H and O–H groups in total. The first-order chi connectivity index (χ1) is 12.8. The SMILES string of the molecule is COc1ccc(CN[C@H]2[C@H](O)[C@H](O)C[C@@H]2c2ccc(C(F)(F)F)nc2)cc1. The van der Waals surface area contributed by atoms with E-state index in [0.29, 0.717) is 12.1 Å². The van der Waals surface area contributed by atoms with Crippen molar-refractivity contribution in [3.63, 3.8) is 0 Å². The molecule has 1 aliphatic carbocycles. The van der Waals surface area contributed by atoms with E-state index in [-0.39, 0.29) is 12.3 Å². The number of aliphatic hydroxyl groups excluding tert-OH is 2. The number of pyridine rings is 1. The van der Waals surface area contributed by atoms with Crippen molar-refractivity contribution in [2.75, 3.05) is 7.11 Å². The molecule has 2 aromatic rings. The fourth-order valence-corrected chi connectivity index (χ4v) is 3.40. The second kappa shape index (κ2) is 7.84. The minimum Gasteiger partial charge on any atom is -0.497 e. The molecular formula is C19H21F3N2O3. The van der Waals surface area contributed by atoms with Crippen LogP contribution < -0.4 is 10.1 Å². The summed E-state index contributed by atoms with van der Waals surface area (Å²) in [6.45, 7) is 0.434. The van der Waals surface area contributed by atoms with E-state index in [0.717, 1.165) is 17.4 Å². The number of hydrogen-bond donors (Lipinski definition) is 3. The van der Waals surface area contributed by atoms with Crippen LogP contribution in [0, 0.1) is 0 Å². The van der Waals surface area contributed by atoms with Crippen LogP contribution in [0.4, 0.5) is 13.2 Å². The zero-order valence-corrected chi connectivity index (χ0v) is 14.6. The Morgan fingerprint density at radius 2 is 1.85 bits per heavy atom. The van der Waals surface area contributed by atoms with Gasteiger partial charge in [0.25, 0.3) is 0 Å². The first-order valence-corrected chi connectivity index (χ1v) is 8.55. The second-order valence-electron chi connectivity index (χ2n) is 6.63. The Labute approximate surface area is 154 Å². The van der Waals surface area contributed by atoms with Gasteiger partial charge < -0.3 is 20.3 Å². The molecule has 146 valence electrons. The number of nitrogens with one attached hydrogen (secondary N) is 1. The second-order valence-corrected chi connectivity index (χ2v) is 6.63. The van der Waals surface area contributed by atoms with Gasteiger partial charge in [-0.05, 0) is 35.7 Å². The van der Waals surface area contributed by atoms with E-state index in [1.807, 2.05) is 24.3 Å². The number of alkyl halides is 3. The lowest BCUT2D eigenvalue weighted by molar-refractivity contribution is -0.141. The predicted molar refractivity (Wildman–Crippen MR) is 92.2 cm³/mol. The Morgan fingerprint density at radius 1 is 1.15 bits per heavy atom. The van der Waals surface area contributed by atoms with Crippen molar-refractivity contribution in [1.29, 1.82) is 0 Å². The number of ether oxygens (including phenoxy) is 1. The number of aliphatic hydroxyl groups is 2. The zero-order valence-electron chi connectivity index (χ0n) is 14.6. The Hall–Kier alpha value is -2.16. The van der Waals surface area contributed by atoms with Crippen LogP contribution in [0.3, 0.4) is 0 Å². The standard InChI is InChI=1S/C19H21F3N2O3/c1-27-13-5-2-11(3-6-13)9-24-17-14(8-15(25)18(17)26)12-4-7-16(23-10-12)19(20,21)22/h2-7,10,14-15,17-18,24-26H,8-9H2,1H3/t14-,15-,17-,18-/m1/s1. The summed E-state index contributed by atoms with van der Waals surface area (Å²) in [5.41, 5.74) is 0.535. The van der Waals surface area contributed by atoms with Crippen LogP contribution >= 0.6 is 0 Å².